The summed E-state index contributed by atoms with van der Waals surface area (Å²) in [5, 5.41) is 7.78. The molecule has 0 aliphatic heterocycles. The zero-order chi connectivity index (χ0) is 24.2. The van der Waals surface area contributed by atoms with Crippen LogP contribution in [0, 0.1) is 0 Å². The third-order valence-electron chi connectivity index (χ3n) is 5.16. The van der Waals surface area contributed by atoms with Gasteiger partial charge in [0.15, 0.2) is 5.69 Å². The zero-order valence-electron chi connectivity index (χ0n) is 18.6. The van der Waals surface area contributed by atoms with Crippen molar-refractivity contribution in [2.75, 3.05) is 31.3 Å². The van der Waals surface area contributed by atoms with Gasteiger partial charge in [-0.2, -0.15) is 16.3 Å². The SMILES string of the molecule is CN(CC(=O)N(C)c1c(N)n(Cc2ccccc2)c(=O)[nH]c1=O)Cc1nc(-c2ccsc2)no1. The van der Waals surface area contributed by atoms with Crippen LogP contribution in [0.5, 0.6) is 0 Å². The Morgan fingerprint density at radius 1 is 1.21 bits per heavy atom. The van der Waals surface area contributed by atoms with Crippen LogP contribution in [0.2, 0.25) is 0 Å². The maximum Gasteiger partial charge on any atom is 0.330 e. The molecule has 0 spiro atoms. The summed E-state index contributed by atoms with van der Waals surface area (Å²) in [5.74, 6) is 0.344. The number of hydrogen-bond acceptors (Lipinski definition) is 9. The number of nitrogens with one attached hydrogen (secondary N) is 1. The Hall–Kier alpha value is -4.03. The number of benzene rings is 1. The van der Waals surface area contributed by atoms with Crippen LogP contribution in [0.15, 0.2) is 61.3 Å². The lowest BCUT2D eigenvalue weighted by Crippen LogP contribution is -2.42. The van der Waals surface area contributed by atoms with Gasteiger partial charge in [0.05, 0.1) is 19.6 Å². The molecule has 12 heteroatoms. The molecule has 1 aromatic carbocycles. The molecule has 0 atom stereocenters. The second-order valence-corrected chi connectivity index (χ2v) is 8.49. The molecule has 3 N–H and O–H groups in total. The summed E-state index contributed by atoms with van der Waals surface area (Å²) in [7, 11) is 3.15. The van der Waals surface area contributed by atoms with E-state index in [1.54, 1.807) is 11.9 Å². The Labute approximate surface area is 198 Å². The maximum atomic E-state index is 12.9. The number of nitrogens with zero attached hydrogens (tertiary/aromatic N) is 5. The summed E-state index contributed by atoms with van der Waals surface area (Å²) in [5.41, 5.74) is 6.39. The van der Waals surface area contributed by atoms with Crippen molar-refractivity contribution in [3.8, 4) is 11.4 Å². The van der Waals surface area contributed by atoms with E-state index in [1.165, 1.54) is 23.0 Å². The van der Waals surface area contributed by atoms with Gasteiger partial charge in [-0.1, -0.05) is 35.5 Å². The second-order valence-electron chi connectivity index (χ2n) is 7.71. The lowest BCUT2D eigenvalue weighted by atomic mass is 10.2. The van der Waals surface area contributed by atoms with Gasteiger partial charge in [0.25, 0.3) is 5.56 Å². The molecule has 0 radical (unpaired) electrons. The highest BCUT2D eigenvalue weighted by molar-refractivity contribution is 7.08. The number of aromatic amines is 1. The molecule has 4 rings (SSSR count). The zero-order valence-corrected chi connectivity index (χ0v) is 19.4. The van der Waals surface area contributed by atoms with Crippen molar-refractivity contribution >= 4 is 28.7 Å². The fraction of sp³-hybridized carbons (Fsp3) is 0.227. The van der Waals surface area contributed by atoms with E-state index < -0.39 is 17.2 Å². The number of amides is 1. The first-order valence-electron chi connectivity index (χ1n) is 10.3. The van der Waals surface area contributed by atoms with Gasteiger partial charge in [0, 0.05) is 18.0 Å². The van der Waals surface area contributed by atoms with E-state index in [-0.39, 0.29) is 31.1 Å². The highest BCUT2D eigenvalue weighted by Gasteiger charge is 2.22. The standard InChI is InChI=1S/C22H23N7O4S/c1-27(11-16-24-20(26-33-16)15-8-9-34-13-15)12-17(30)28(2)18-19(23)29(22(32)25-21(18)31)10-14-6-4-3-5-7-14/h3-9,13H,10-12,23H2,1-2H3,(H,25,31,32). The summed E-state index contributed by atoms with van der Waals surface area (Å²) in [4.78, 5) is 47.2. The molecule has 0 aliphatic carbocycles. The number of nitrogens with two attached hydrogens (primary N) is 1. The minimum absolute atomic E-state index is 0.0522. The quantitative estimate of drug-likeness (QED) is 0.384. The van der Waals surface area contributed by atoms with Crippen LogP contribution in [-0.4, -0.2) is 51.1 Å². The van der Waals surface area contributed by atoms with Crippen molar-refractivity contribution in [3.63, 3.8) is 0 Å². The molecule has 4 aromatic rings. The molecule has 0 fully saturated rings. The normalized spacial score (nSPS) is 11.1. The predicted octanol–water partition coefficient (Wildman–Crippen LogP) is 1.37. The number of aromatic nitrogens is 4. The number of thiophene rings is 1. The smallest absolute Gasteiger partial charge is 0.330 e. The molecule has 0 saturated heterocycles. The van der Waals surface area contributed by atoms with E-state index in [0.717, 1.165) is 16.0 Å². The fourth-order valence-electron chi connectivity index (χ4n) is 3.40. The van der Waals surface area contributed by atoms with E-state index in [0.29, 0.717) is 11.7 Å². The average Bonchev–Trinajstić information content (AvgIpc) is 3.49. The van der Waals surface area contributed by atoms with Gasteiger partial charge < -0.3 is 15.2 Å². The monoisotopic (exact) mass is 481 g/mol. The van der Waals surface area contributed by atoms with Crippen LogP contribution in [-0.2, 0) is 17.9 Å². The molecular weight excluding hydrogens is 458 g/mol. The van der Waals surface area contributed by atoms with E-state index in [4.69, 9.17) is 10.3 Å². The third-order valence-corrected chi connectivity index (χ3v) is 5.85. The topological polar surface area (TPSA) is 143 Å². The fourth-order valence-corrected chi connectivity index (χ4v) is 4.04. The summed E-state index contributed by atoms with van der Waals surface area (Å²) in [6.07, 6.45) is 0. The predicted molar refractivity (Wildman–Crippen MR) is 129 cm³/mol. The second kappa shape index (κ2) is 9.85. The van der Waals surface area contributed by atoms with Gasteiger partial charge in [-0.3, -0.25) is 24.0 Å². The van der Waals surface area contributed by atoms with Gasteiger partial charge >= 0.3 is 5.69 Å². The summed E-state index contributed by atoms with van der Waals surface area (Å²) < 4.78 is 6.50. The number of nitrogen functional groups attached to an aromatic ring is 1. The lowest BCUT2D eigenvalue weighted by molar-refractivity contribution is -0.119. The van der Waals surface area contributed by atoms with E-state index in [9.17, 15) is 14.4 Å². The Bertz CT molecular complexity index is 1390. The van der Waals surface area contributed by atoms with Crippen LogP contribution >= 0.6 is 11.3 Å². The van der Waals surface area contributed by atoms with Crippen LogP contribution in [0.1, 0.15) is 11.5 Å². The van der Waals surface area contributed by atoms with E-state index in [2.05, 4.69) is 15.1 Å². The number of hydrogen-bond donors (Lipinski definition) is 2. The van der Waals surface area contributed by atoms with Crippen LogP contribution in [0.3, 0.4) is 0 Å². The third kappa shape index (κ3) is 4.97. The van der Waals surface area contributed by atoms with Gasteiger partial charge in [0.1, 0.15) is 5.82 Å². The molecule has 11 nitrogen and oxygen atoms in total. The van der Waals surface area contributed by atoms with Crippen LogP contribution in [0.25, 0.3) is 11.4 Å². The van der Waals surface area contributed by atoms with Gasteiger partial charge in [0.2, 0.25) is 17.6 Å². The van der Waals surface area contributed by atoms with E-state index >= 15 is 0 Å². The lowest BCUT2D eigenvalue weighted by Gasteiger charge is -2.22. The van der Waals surface area contributed by atoms with Crippen molar-refractivity contribution in [1.82, 2.24) is 24.6 Å². The van der Waals surface area contributed by atoms with Gasteiger partial charge in [-0.05, 0) is 24.1 Å². The number of rotatable bonds is 8. The maximum absolute atomic E-state index is 12.9. The number of anilines is 2. The summed E-state index contributed by atoms with van der Waals surface area (Å²) >= 11 is 1.53. The van der Waals surface area contributed by atoms with Crippen LogP contribution in [0.4, 0.5) is 11.5 Å². The highest BCUT2D eigenvalue weighted by Crippen LogP contribution is 2.19. The number of likely N-dealkylation sites (N-methyl/N-ethyl adjacent to an activating group) is 2. The highest BCUT2D eigenvalue weighted by atomic mass is 32.1. The summed E-state index contributed by atoms with van der Waals surface area (Å²) in [6, 6.07) is 11.1. The first-order valence-corrected chi connectivity index (χ1v) is 11.2. The molecular formula is C22H23N7O4S. The molecule has 3 heterocycles. The molecule has 3 aromatic heterocycles. The minimum Gasteiger partial charge on any atom is -0.383 e. The van der Waals surface area contributed by atoms with Gasteiger partial charge in [-0.15, -0.1) is 0 Å². The van der Waals surface area contributed by atoms with E-state index in [1.807, 2.05) is 47.2 Å². The molecule has 0 saturated carbocycles. The molecule has 176 valence electrons. The molecule has 34 heavy (non-hydrogen) atoms. The minimum atomic E-state index is -0.734. The Balaban J connectivity index is 1.48. The Morgan fingerprint density at radius 2 is 1.97 bits per heavy atom. The number of H-pyrrole nitrogens is 1. The average molecular weight is 482 g/mol. The first kappa shape index (κ1) is 23.1. The van der Waals surface area contributed by atoms with Gasteiger partial charge in [-0.25, -0.2) is 4.79 Å². The van der Waals surface area contributed by atoms with Crippen molar-refractivity contribution in [3.05, 3.63) is 79.5 Å². The van der Waals surface area contributed by atoms with Crippen molar-refractivity contribution < 1.29 is 9.32 Å². The molecule has 0 bridgehead atoms. The Morgan fingerprint density at radius 3 is 2.68 bits per heavy atom. The molecule has 0 aliphatic rings. The largest absolute Gasteiger partial charge is 0.383 e. The molecule has 0 unspecified atom stereocenters. The Kier molecular flexibility index (Phi) is 6.70. The van der Waals surface area contributed by atoms with Crippen molar-refractivity contribution in [1.29, 1.82) is 0 Å². The van der Waals surface area contributed by atoms with Crippen molar-refractivity contribution in [2.24, 2.45) is 0 Å². The van der Waals surface area contributed by atoms with Crippen LogP contribution < -0.4 is 21.9 Å². The number of carbonyl (C=O) groups is 1. The first-order chi connectivity index (χ1) is 16.3. The van der Waals surface area contributed by atoms with Crippen molar-refractivity contribution in [2.45, 2.75) is 13.1 Å². The molecule has 1 amide bonds. The number of carbonyl (C=O) groups excluding carboxylic acids is 1. The summed E-state index contributed by atoms with van der Waals surface area (Å²) in [6.45, 7) is 0.334.